The lowest BCUT2D eigenvalue weighted by Crippen LogP contribution is -2.48. The number of hydrogen-bond donors (Lipinski definition) is 0. The van der Waals surface area contributed by atoms with Crippen LogP contribution >= 0.6 is 22.3 Å². The summed E-state index contributed by atoms with van der Waals surface area (Å²) in [5.41, 5.74) is -0.00515. The highest BCUT2D eigenvalue weighted by molar-refractivity contribution is 8.13. The van der Waals surface area contributed by atoms with E-state index >= 15 is 0 Å². The average molecular weight is 351 g/mol. The Morgan fingerprint density at radius 3 is 2.67 bits per heavy atom. The summed E-state index contributed by atoms with van der Waals surface area (Å²) in [5.74, 6) is 0.488. The van der Waals surface area contributed by atoms with E-state index in [-0.39, 0.29) is 21.6 Å². The monoisotopic (exact) mass is 350 g/mol. The summed E-state index contributed by atoms with van der Waals surface area (Å²) in [6.45, 7) is 0.691. The molecule has 0 radical (unpaired) electrons. The van der Waals surface area contributed by atoms with Gasteiger partial charge in [0.2, 0.25) is 0 Å². The van der Waals surface area contributed by atoms with Crippen LogP contribution in [0.1, 0.15) is 32.1 Å². The zero-order valence-corrected chi connectivity index (χ0v) is 13.7. The Hall–Kier alpha value is -0.490. The molecule has 0 bridgehead atoms. The molecular weight excluding hydrogens is 335 g/mol. The molecule has 1 unspecified atom stereocenters. The minimum atomic E-state index is -3.78. The molecule has 1 aliphatic heterocycles. The molecule has 4 nitrogen and oxygen atoms in total. The molecule has 116 valence electrons. The minimum absolute atomic E-state index is 0.00515. The first-order valence-electron chi connectivity index (χ1n) is 6.93. The fourth-order valence-corrected chi connectivity index (χ4v) is 3.98. The van der Waals surface area contributed by atoms with Crippen molar-refractivity contribution in [2.24, 2.45) is 0 Å². The van der Waals surface area contributed by atoms with Gasteiger partial charge in [0.25, 0.3) is 9.05 Å². The van der Waals surface area contributed by atoms with Crippen LogP contribution in [0.4, 0.5) is 0 Å². The summed E-state index contributed by atoms with van der Waals surface area (Å²) in [7, 11) is 1.52. The average Bonchev–Trinajstić information content (AvgIpc) is 2.38. The van der Waals surface area contributed by atoms with Crippen molar-refractivity contribution in [1.29, 1.82) is 0 Å². The SMILES string of the molecule is O=S(=O)(Cl)c1ccc(OC2CCOC3(CCC3)C2)c(Cl)c1. The molecular formula is C14H16Cl2O4S. The predicted molar refractivity (Wildman–Crippen MR) is 80.7 cm³/mol. The lowest BCUT2D eigenvalue weighted by atomic mass is 9.74. The molecule has 2 aliphatic rings. The third-order valence-electron chi connectivity index (χ3n) is 4.19. The van der Waals surface area contributed by atoms with Gasteiger partial charge in [0, 0.05) is 23.5 Å². The maximum absolute atomic E-state index is 11.3. The summed E-state index contributed by atoms with van der Waals surface area (Å²) in [5, 5.41) is 0.255. The number of rotatable bonds is 3. The Balaban J connectivity index is 1.73. The summed E-state index contributed by atoms with van der Waals surface area (Å²) < 4.78 is 34.3. The maximum atomic E-state index is 11.3. The van der Waals surface area contributed by atoms with Crippen LogP contribution in [-0.2, 0) is 13.8 Å². The number of hydrogen-bond acceptors (Lipinski definition) is 4. The van der Waals surface area contributed by atoms with Crippen molar-refractivity contribution < 1.29 is 17.9 Å². The molecule has 0 aromatic heterocycles. The second-order valence-corrected chi connectivity index (χ2v) is 8.62. The minimum Gasteiger partial charge on any atom is -0.489 e. The van der Waals surface area contributed by atoms with Crippen molar-refractivity contribution in [3.8, 4) is 5.75 Å². The van der Waals surface area contributed by atoms with Crippen LogP contribution in [0.5, 0.6) is 5.75 Å². The Kier molecular flexibility index (Phi) is 4.12. The van der Waals surface area contributed by atoms with Gasteiger partial charge in [-0.2, -0.15) is 0 Å². The van der Waals surface area contributed by atoms with Gasteiger partial charge in [-0.15, -0.1) is 0 Å². The van der Waals surface area contributed by atoms with E-state index in [2.05, 4.69) is 0 Å². The molecule has 1 aromatic rings. The zero-order chi connectivity index (χ0) is 15.1. The van der Waals surface area contributed by atoms with Gasteiger partial charge in [-0.3, -0.25) is 0 Å². The summed E-state index contributed by atoms with van der Waals surface area (Å²) in [6, 6.07) is 4.28. The smallest absolute Gasteiger partial charge is 0.261 e. The molecule has 1 aliphatic carbocycles. The molecule has 1 saturated carbocycles. The van der Waals surface area contributed by atoms with E-state index in [0.29, 0.717) is 12.4 Å². The molecule has 1 aromatic carbocycles. The lowest BCUT2D eigenvalue weighted by molar-refractivity contribution is -0.153. The predicted octanol–water partition coefficient (Wildman–Crippen LogP) is 3.75. The number of halogens is 2. The molecule has 7 heteroatoms. The van der Waals surface area contributed by atoms with Crippen LogP contribution in [0.25, 0.3) is 0 Å². The van der Waals surface area contributed by atoms with Gasteiger partial charge >= 0.3 is 0 Å². The van der Waals surface area contributed by atoms with E-state index in [9.17, 15) is 8.42 Å². The van der Waals surface area contributed by atoms with Crippen molar-refractivity contribution in [2.75, 3.05) is 6.61 Å². The quantitative estimate of drug-likeness (QED) is 0.779. The molecule has 0 N–H and O–H groups in total. The van der Waals surface area contributed by atoms with Crippen LogP contribution in [-0.4, -0.2) is 26.7 Å². The van der Waals surface area contributed by atoms with Crippen molar-refractivity contribution in [1.82, 2.24) is 0 Å². The second kappa shape index (κ2) is 5.61. The fourth-order valence-electron chi connectivity index (χ4n) is 2.91. The zero-order valence-electron chi connectivity index (χ0n) is 11.3. The highest BCUT2D eigenvalue weighted by Crippen LogP contribution is 2.43. The van der Waals surface area contributed by atoms with Gasteiger partial charge < -0.3 is 9.47 Å². The van der Waals surface area contributed by atoms with Gasteiger partial charge in [0.05, 0.1) is 22.1 Å². The number of ether oxygens (including phenoxy) is 2. The third-order valence-corrected chi connectivity index (χ3v) is 5.84. The van der Waals surface area contributed by atoms with E-state index in [4.69, 9.17) is 31.8 Å². The van der Waals surface area contributed by atoms with E-state index in [0.717, 1.165) is 25.7 Å². The standard InChI is InChI=1S/C14H16Cl2O4S/c15-12-8-11(21(16,17)18)2-3-13(12)20-10-4-7-19-14(9-10)5-1-6-14/h2-3,8,10H,1,4-7,9H2. The van der Waals surface area contributed by atoms with E-state index in [1.807, 2.05) is 0 Å². The molecule has 21 heavy (non-hydrogen) atoms. The van der Waals surface area contributed by atoms with Crippen molar-refractivity contribution in [2.45, 2.75) is 48.7 Å². The molecule has 1 heterocycles. The summed E-state index contributed by atoms with van der Waals surface area (Å²) >= 11 is 6.09. The first kappa shape index (κ1) is 15.4. The molecule has 1 atom stereocenters. The Labute approximate surface area is 133 Å². The van der Waals surface area contributed by atoms with Crippen molar-refractivity contribution >= 4 is 31.3 Å². The topological polar surface area (TPSA) is 52.6 Å². The van der Waals surface area contributed by atoms with Crippen LogP contribution in [0, 0.1) is 0 Å². The lowest BCUT2D eigenvalue weighted by Gasteiger charge is -2.46. The second-order valence-electron chi connectivity index (χ2n) is 5.65. The van der Waals surface area contributed by atoms with Crippen molar-refractivity contribution in [3.05, 3.63) is 23.2 Å². The molecule has 2 fully saturated rings. The van der Waals surface area contributed by atoms with E-state index < -0.39 is 9.05 Å². The Bertz CT molecular complexity index is 640. The molecule has 1 spiro atoms. The maximum Gasteiger partial charge on any atom is 0.261 e. The summed E-state index contributed by atoms with van der Waals surface area (Å²) in [4.78, 5) is -0.0241. The van der Waals surface area contributed by atoms with Gasteiger partial charge in [0.1, 0.15) is 11.9 Å². The Morgan fingerprint density at radius 1 is 1.33 bits per heavy atom. The van der Waals surface area contributed by atoms with E-state index in [1.54, 1.807) is 6.07 Å². The van der Waals surface area contributed by atoms with Gasteiger partial charge in [-0.1, -0.05) is 11.6 Å². The van der Waals surface area contributed by atoms with Crippen molar-refractivity contribution in [3.63, 3.8) is 0 Å². The van der Waals surface area contributed by atoms with Gasteiger partial charge in [-0.05, 0) is 37.5 Å². The molecule has 1 saturated heterocycles. The summed E-state index contributed by atoms with van der Waals surface area (Å²) in [6.07, 6.45) is 5.10. The van der Waals surface area contributed by atoms with Crippen LogP contribution in [0.2, 0.25) is 5.02 Å². The normalized spacial score (nSPS) is 24.6. The van der Waals surface area contributed by atoms with E-state index in [1.165, 1.54) is 18.6 Å². The third kappa shape index (κ3) is 3.31. The first-order chi connectivity index (χ1) is 9.88. The molecule has 3 rings (SSSR count). The van der Waals surface area contributed by atoms with Gasteiger partial charge in [0.15, 0.2) is 0 Å². The highest BCUT2D eigenvalue weighted by atomic mass is 35.7. The highest BCUT2D eigenvalue weighted by Gasteiger charge is 2.43. The Morgan fingerprint density at radius 2 is 2.10 bits per heavy atom. The fraction of sp³-hybridized carbons (Fsp3) is 0.571. The van der Waals surface area contributed by atoms with Crippen LogP contribution in [0.15, 0.2) is 23.1 Å². The number of benzene rings is 1. The largest absolute Gasteiger partial charge is 0.489 e. The molecule has 0 amide bonds. The van der Waals surface area contributed by atoms with Crippen LogP contribution < -0.4 is 4.74 Å². The van der Waals surface area contributed by atoms with Crippen LogP contribution in [0.3, 0.4) is 0 Å². The first-order valence-corrected chi connectivity index (χ1v) is 9.62. The van der Waals surface area contributed by atoms with Gasteiger partial charge in [-0.25, -0.2) is 8.42 Å².